The van der Waals surface area contributed by atoms with Gasteiger partial charge in [-0.1, -0.05) is 19.4 Å². The van der Waals surface area contributed by atoms with E-state index in [2.05, 4.69) is 29.1 Å². The molecule has 0 aromatic heterocycles. The summed E-state index contributed by atoms with van der Waals surface area (Å²) >= 11 is 0. The van der Waals surface area contributed by atoms with E-state index in [1.54, 1.807) is 5.56 Å². The number of benzene rings is 1. The highest BCUT2D eigenvalue weighted by molar-refractivity contribution is 5.78. The Morgan fingerprint density at radius 1 is 1.13 bits per heavy atom. The lowest BCUT2D eigenvalue weighted by Crippen LogP contribution is -2.55. The van der Waals surface area contributed by atoms with E-state index in [1.165, 1.54) is 51.0 Å². The van der Waals surface area contributed by atoms with Crippen LogP contribution in [-0.4, -0.2) is 93.7 Å². The van der Waals surface area contributed by atoms with Gasteiger partial charge in [-0.2, -0.15) is 5.01 Å². The highest BCUT2D eigenvalue weighted by atomic mass is 16.6. The van der Waals surface area contributed by atoms with Gasteiger partial charge in [-0.25, -0.2) is 9.59 Å². The molecule has 2 saturated carbocycles. The second-order valence-electron chi connectivity index (χ2n) is 12.8. The van der Waals surface area contributed by atoms with Crippen molar-refractivity contribution >= 4 is 30.2 Å². The van der Waals surface area contributed by atoms with Gasteiger partial charge in [0, 0.05) is 20.4 Å². The molecular weight excluding hydrogens is 618 g/mol. The number of carbonyl (C=O) groups excluding carboxylic acids is 4. The molecule has 260 valence electrons. The van der Waals surface area contributed by atoms with Crippen molar-refractivity contribution in [2.45, 2.75) is 102 Å². The lowest BCUT2D eigenvalue weighted by atomic mass is 9.56. The van der Waals surface area contributed by atoms with E-state index in [1.807, 2.05) is 11.4 Å². The highest BCUT2D eigenvalue weighted by Gasteiger charge is 2.50. The standard InChI is InChI=1S/C20H26O2.C12H19N3O10/c1-13(21)22-15-6-8-16-14(12-15)5-7-18-17(16)9-11-20(2)10-3-4-19(18)20;1-15(14-24)12(23)13-6(5-16)8(19)9(20)10(21)11(22)25-4-2-3-7(17)18/h6,8,12,17-19H,3-5,7,9-11H2,1-2H3;5-6,8-10,19-21H,2-4H2,1H3,(H,13,23)(H,17,18)/t17-,18-,19+,20+;6-,8+,9-,10-/m10/s1. The third-order valence-electron chi connectivity index (χ3n) is 9.66. The van der Waals surface area contributed by atoms with Crippen LogP contribution in [0.5, 0.6) is 5.75 Å². The van der Waals surface area contributed by atoms with Gasteiger partial charge in [-0.05, 0) is 91.4 Å². The summed E-state index contributed by atoms with van der Waals surface area (Å²) in [7, 11) is 0.955. The van der Waals surface area contributed by atoms with Crippen molar-refractivity contribution in [3.05, 3.63) is 34.2 Å². The quantitative estimate of drug-likeness (QED) is 0.0541. The van der Waals surface area contributed by atoms with E-state index in [0.717, 1.165) is 31.2 Å². The Balaban J connectivity index is 0.000000256. The van der Waals surface area contributed by atoms with Crippen LogP contribution in [0.15, 0.2) is 23.5 Å². The molecule has 4 rings (SSSR count). The number of fused-ring (bicyclic) bond motifs is 5. The number of aliphatic hydroxyl groups is 3. The predicted molar refractivity (Wildman–Crippen MR) is 165 cm³/mol. The molecule has 0 spiro atoms. The number of aryl methyl sites for hydroxylation is 1. The van der Waals surface area contributed by atoms with E-state index in [-0.39, 0.29) is 36.7 Å². The van der Waals surface area contributed by atoms with Gasteiger partial charge >= 0.3 is 23.9 Å². The van der Waals surface area contributed by atoms with Crippen LogP contribution in [0.1, 0.15) is 82.3 Å². The molecule has 1 aromatic carbocycles. The Morgan fingerprint density at radius 2 is 1.85 bits per heavy atom. The topological polar surface area (TPSA) is 229 Å². The first kappa shape index (κ1) is 37.5. The van der Waals surface area contributed by atoms with Gasteiger partial charge in [0.25, 0.3) is 0 Å². The number of nitrogens with zero attached hydrogens (tertiary/aromatic N) is 2. The largest absolute Gasteiger partial charge is 0.481 e. The van der Waals surface area contributed by atoms with Crippen LogP contribution in [0.25, 0.3) is 0 Å². The van der Waals surface area contributed by atoms with Gasteiger partial charge in [0.05, 0.1) is 11.9 Å². The van der Waals surface area contributed by atoms with E-state index >= 15 is 0 Å². The lowest BCUT2D eigenvalue weighted by Gasteiger charge is -2.49. The highest BCUT2D eigenvalue weighted by Crippen LogP contribution is 2.60. The second-order valence-corrected chi connectivity index (χ2v) is 12.8. The molecule has 0 heterocycles. The Kier molecular flexibility index (Phi) is 13.4. The third-order valence-corrected chi connectivity index (χ3v) is 9.66. The Morgan fingerprint density at radius 3 is 2.49 bits per heavy atom. The minimum atomic E-state index is -2.26. The number of amides is 2. The number of carboxylic acids is 1. The number of hydrogen-bond acceptors (Lipinski definition) is 12. The van der Waals surface area contributed by atoms with Crippen LogP contribution in [0, 0.1) is 22.2 Å². The summed E-state index contributed by atoms with van der Waals surface area (Å²) in [6.45, 7) is 3.66. The Labute approximate surface area is 272 Å². The third kappa shape index (κ3) is 9.55. The first-order valence-electron chi connectivity index (χ1n) is 15.8. The van der Waals surface area contributed by atoms with Crippen molar-refractivity contribution < 1.29 is 53.9 Å². The number of urea groups is 1. The fraction of sp³-hybridized carbons (Fsp3) is 0.656. The van der Waals surface area contributed by atoms with Crippen LogP contribution in [-0.2, 0) is 30.3 Å². The molecule has 0 aliphatic heterocycles. The normalized spacial score (nSPS) is 25.0. The number of aliphatic hydroxyl groups excluding tert-OH is 3. The molecule has 8 atom stereocenters. The number of carboxylic acid groups (broad SMARTS) is 1. The van der Waals surface area contributed by atoms with E-state index in [0.29, 0.717) is 11.2 Å². The van der Waals surface area contributed by atoms with Gasteiger partial charge in [-0.3, -0.25) is 9.59 Å². The molecule has 0 saturated heterocycles. The summed E-state index contributed by atoms with van der Waals surface area (Å²) < 4.78 is 9.77. The number of aldehydes is 1. The fourth-order valence-electron chi connectivity index (χ4n) is 7.27. The van der Waals surface area contributed by atoms with Crippen molar-refractivity contribution in [2.24, 2.45) is 22.5 Å². The number of nitroso groups, excluding NO2 is 1. The average molecular weight is 664 g/mol. The number of esters is 2. The minimum Gasteiger partial charge on any atom is -0.481 e. The molecule has 0 bridgehead atoms. The Bertz CT molecular complexity index is 1310. The SMILES string of the molecule is CC(=O)Oc1ccc2c(c1)CC[C@@H]1[C@@H]2CC[C@]2(C)CCC[C@@H]12.CN(N=O)C(=O)N[C@@H](C=O)[C@@H](O)[C@H](O)[C@H](O)C(=O)OCCCC(=O)O. The number of rotatable bonds is 12. The molecule has 5 N–H and O–H groups in total. The van der Waals surface area contributed by atoms with Crippen LogP contribution in [0.3, 0.4) is 0 Å². The molecule has 47 heavy (non-hydrogen) atoms. The van der Waals surface area contributed by atoms with Crippen LogP contribution < -0.4 is 10.1 Å². The molecule has 15 nitrogen and oxygen atoms in total. The summed E-state index contributed by atoms with van der Waals surface area (Å²) in [4.78, 5) is 65.3. The molecule has 2 amide bonds. The molecular formula is C32H45N3O12. The van der Waals surface area contributed by atoms with E-state index in [9.17, 15) is 44.2 Å². The van der Waals surface area contributed by atoms with Crippen molar-refractivity contribution in [1.82, 2.24) is 10.3 Å². The fourth-order valence-corrected chi connectivity index (χ4v) is 7.27. The maximum atomic E-state index is 11.5. The zero-order valence-electron chi connectivity index (χ0n) is 26.9. The summed E-state index contributed by atoms with van der Waals surface area (Å²) in [6.07, 6.45) is 2.63. The summed E-state index contributed by atoms with van der Waals surface area (Å²) in [5.74, 6) is 0.567. The van der Waals surface area contributed by atoms with Crippen LogP contribution in [0.4, 0.5) is 4.79 Å². The first-order valence-corrected chi connectivity index (χ1v) is 15.8. The minimum absolute atomic E-state index is 0.00927. The number of nitrogens with one attached hydrogen (secondary N) is 1. The lowest BCUT2D eigenvalue weighted by molar-refractivity contribution is -0.166. The summed E-state index contributed by atoms with van der Waals surface area (Å²) in [6, 6.07) is 3.40. The maximum Gasteiger partial charge on any atom is 0.340 e. The number of ether oxygens (including phenoxy) is 2. The van der Waals surface area contributed by atoms with Crippen molar-refractivity contribution in [1.29, 1.82) is 0 Å². The van der Waals surface area contributed by atoms with Gasteiger partial charge in [0.15, 0.2) is 6.10 Å². The monoisotopic (exact) mass is 663 g/mol. The zero-order chi connectivity index (χ0) is 34.9. The van der Waals surface area contributed by atoms with Gasteiger partial charge < -0.3 is 40.0 Å². The smallest absolute Gasteiger partial charge is 0.340 e. The molecule has 0 unspecified atom stereocenters. The van der Waals surface area contributed by atoms with Crippen molar-refractivity contribution in [3.8, 4) is 5.75 Å². The number of carbonyl (C=O) groups is 5. The van der Waals surface area contributed by atoms with Gasteiger partial charge in [-0.15, -0.1) is 4.91 Å². The predicted octanol–water partition coefficient (Wildman–Crippen LogP) is 2.23. The summed E-state index contributed by atoms with van der Waals surface area (Å²) in [5, 5.41) is 41.8. The number of hydrogen-bond donors (Lipinski definition) is 5. The molecule has 2 fully saturated rings. The molecule has 3 aliphatic rings. The maximum absolute atomic E-state index is 11.5. The summed E-state index contributed by atoms with van der Waals surface area (Å²) in [5.41, 5.74) is 3.58. The van der Waals surface area contributed by atoms with E-state index < -0.39 is 42.3 Å². The first-order chi connectivity index (χ1) is 22.2. The second kappa shape index (κ2) is 16.7. The van der Waals surface area contributed by atoms with Crippen molar-refractivity contribution in [3.63, 3.8) is 0 Å². The molecule has 1 aromatic rings. The van der Waals surface area contributed by atoms with E-state index in [4.69, 9.17) is 9.84 Å². The molecule has 0 radical (unpaired) electrons. The Hall–Kier alpha value is -3.95. The zero-order valence-corrected chi connectivity index (χ0v) is 26.9. The van der Waals surface area contributed by atoms with Crippen LogP contribution in [0.2, 0.25) is 0 Å². The average Bonchev–Trinajstić information content (AvgIpc) is 3.45. The van der Waals surface area contributed by atoms with Crippen molar-refractivity contribution in [2.75, 3.05) is 13.7 Å². The van der Waals surface area contributed by atoms with Gasteiger partial charge in [0.1, 0.15) is 30.3 Å². The molecule has 15 heteroatoms. The number of aliphatic carboxylic acids is 1. The van der Waals surface area contributed by atoms with Crippen LogP contribution >= 0.6 is 0 Å². The van der Waals surface area contributed by atoms with Gasteiger partial charge in [0.2, 0.25) is 0 Å². The molecule has 3 aliphatic carbocycles.